The van der Waals surface area contributed by atoms with Crippen LogP contribution in [0.25, 0.3) is 11.1 Å². The van der Waals surface area contributed by atoms with E-state index in [9.17, 15) is 19.5 Å². The van der Waals surface area contributed by atoms with E-state index in [4.69, 9.17) is 0 Å². The van der Waals surface area contributed by atoms with Crippen LogP contribution in [0.4, 0.5) is 16.2 Å². The van der Waals surface area contributed by atoms with Crippen molar-refractivity contribution in [2.45, 2.75) is 51.5 Å². The van der Waals surface area contributed by atoms with Crippen molar-refractivity contribution in [3.8, 4) is 11.1 Å². The molecule has 3 aromatic carbocycles. The molecule has 37 heavy (non-hydrogen) atoms. The third-order valence-corrected chi connectivity index (χ3v) is 6.69. The average molecular weight is 500 g/mol. The number of nitrogens with one attached hydrogen (secondary N) is 2. The van der Waals surface area contributed by atoms with E-state index in [0.717, 1.165) is 48.9 Å². The fraction of sp³-hybridized carbons (Fsp3) is 0.300. The molecule has 3 amide bonds. The average Bonchev–Trinajstić information content (AvgIpc) is 2.93. The minimum atomic E-state index is -0.952. The summed E-state index contributed by atoms with van der Waals surface area (Å²) in [4.78, 5) is 38.3. The number of aryl methyl sites for hydroxylation is 1. The summed E-state index contributed by atoms with van der Waals surface area (Å²) in [5.41, 5.74) is 5.00. The summed E-state index contributed by atoms with van der Waals surface area (Å²) >= 11 is 0. The molecule has 1 saturated heterocycles. The summed E-state index contributed by atoms with van der Waals surface area (Å²) in [5.74, 6) is -1.20. The van der Waals surface area contributed by atoms with E-state index < -0.39 is 12.0 Å². The second kappa shape index (κ2) is 12.2. The van der Waals surface area contributed by atoms with Crippen molar-refractivity contribution in [3.63, 3.8) is 0 Å². The van der Waals surface area contributed by atoms with Crippen LogP contribution >= 0.6 is 0 Å². The first-order chi connectivity index (χ1) is 17.9. The Bertz CT molecular complexity index is 1220. The number of carboxylic acids is 1. The Hall–Kier alpha value is -4.13. The van der Waals surface area contributed by atoms with Gasteiger partial charge in [-0.2, -0.15) is 0 Å². The Kier molecular flexibility index (Phi) is 8.56. The van der Waals surface area contributed by atoms with E-state index >= 15 is 0 Å². The van der Waals surface area contributed by atoms with Crippen molar-refractivity contribution in [3.05, 3.63) is 83.9 Å². The Morgan fingerprint density at radius 2 is 1.41 bits per heavy atom. The van der Waals surface area contributed by atoms with E-state index in [1.165, 1.54) is 10.5 Å². The molecule has 0 spiro atoms. The highest BCUT2D eigenvalue weighted by atomic mass is 16.4. The Labute approximate surface area is 217 Å². The highest BCUT2D eigenvalue weighted by Crippen LogP contribution is 2.24. The third kappa shape index (κ3) is 6.76. The van der Waals surface area contributed by atoms with E-state index in [-0.39, 0.29) is 11.9 Å². The predicted molar refractivity (Wildman–Crippen MR) is 146 cm³/mol. The largest absolute Gasteiger partial charge is 0.480 e. The van der Waals surface area contributed by atoms with Gasteiger partial charge in [-0.25, -0.2) is 9.59 Å². The standard InChI is InChI=1S/C30H33N3O4/c1-2-3-6-21-8-16-25(17-9-21)31-30(37)32-26-18-14-23(15-19-26)22-10-12-24(13-11-22)28(34)33-20-5-4-7-27(33)29(35)36/h8-19,27H,2-7,20H2,1H3,(H,35,36)(H2,31,32,37)/t27-/m0/s1. The number of unbranched alkanes of at least 4 members (excludes halogenated alkanes) is 1. The Balaban J connectivity index is 1.34. The van der Waals surface area contributed by atoms with Gasteiger partial charge in [-0.1, -0.05) is 49.7 Å². The fourth-order valence-corrected chi connectivity index (χ4v) is 4.58. The van der Waals surface area contributed by atoms with Gasteiger partial charge in [-0.3, -0.25) is 4.79 Å². The molecule has 7 nitrogen and oxygen atoms in total. The van der Waals surface area contributed by atoms with E-state index in [2.05, 4.69) is 17.6 Å². The number of carboxylic acid groups (broad SMARTS) is 1. The smallest absolute Gasteiger partial charge is 0.326 e. The van der Waals surface area contributed by atoms with Gasteiger partial charge >= 0.3 is 12.0 Å². The number of likely N-dealkylation sites (tertiary alicyclic amines) is 1. The predicted octanol–water partition coefficient (Wildman–Crippen LogP) is 6.42. The molecule has 3 N–H and O–H groups in total. The molecular formula is C30H33N3O4. The quantitative estimate of drug-likeness (QED) is 0.333. The molecule has 1 fully saturated rings. The maximum atomic E-state index is 12.9. The number of urea groups is 1. The number of piperidine rings is 1. The molecule has 1 heterocycles. The normalized spacial score (nSPS) is 15.2. The molecule has 1 aliphatic rings. The molecule has 7 heteroatoms. The minimum absolute atomic E-state index is 0.250. The van der Waals surface area contributed by atoms with Crippen LogP contribution in [0.2, 0.25) is 0 Å². The van der Waals surface area contributed by atoms with Crippen molar-refractivity contribution in [1.29, 1.82) is 0 Å². The van der Waals surface area contributed by atoms with Crippen LogP contribution in [0.3, 0.4) is 0 Å². The molecule has 192 valence electrons. The van der Waals surface area contributed by atoms with Crippen molar-refractivity contribution in [1.82, 2.24) is 4.90 Å². The third-order valence-electron chi connectivity index (χ3n) is 6.69. The lowest BCUT2D eigenvalue weighted by Crippen LogP contribution is -2.47. The summed E-state index contributed by atoms with van der Waals surface area (Å²) in [6.07, 6.45) is 5.47. The monoisotopic (exact) mass is 499 g/mol. The SMILES string of the molecule is CCCCc1ccc(NC(=O)Nc2ccc(-c3ccc(C(=O)N4CCCC[C@H]4C(=O)O)cc3)cc2)cc1. The number of hydrogen-bond donors (Lipinski definition) is 3. The Morgan fingerprint density at radius 1 is 0.838 bits per heavy atom. The number of hydrogen-bond acceptors (Lipinski definition) is 3. The van der Waals surface area contributed by atoms with E-state index in [1.54, 1.807) is 12.1 Å². The number of anilines is 2. The van der Waals surface area contributed by atoms with E-state index in [0.29, 0.717) is 24.2 Å². The van der Waals surface area contributed by atoms with Gasteiger partial charge in [-0.05, 0) is 85.2 Å². The first-order valence-corrected chi connectivity index (χ1v) is 12.9. The zero-order valence-corrected chi connectivity index (χ0v) is 21.1. The van der Waals surface area contributed by atoms with Gasteiger partial charge in [0.1, 0.15) is 6.04 Å². The van der Waals surface area contributed by atoms with Gasteiger partial charge in [0.2, 0.25) is 0 Å². The van der Waals surface area contributed by atoms with Crippen molar-refractivity contribution in [2.24, 2.45) is 0 Å². The summed E-state index contributed by atoms with van der Waals surface area (Å²) in [5, 5.41) is 15.2. The van der Waals surface area contributed by atoms with E-state index in [1.807, 2.05) is 60.7 Å². The first kappa shape index (κ1) is 25.9. The van der Waals surface area contributed by atoms with Crippen molar-refractivity contribution < 1.29 is 19.5 Å². The number of benzene rings is 3. The van der Waals surface area contributed by atoms with Crippen LogP contribution < -0.4 is 10.6 Å². The molecule has 3 aromatic rings. The van der Waals surface area contributed by atoms with Crippen LogP contribution in [-0.4, -0.2) is 40.5 Å². The van der Waals surface area contributed by atoms with Crippen LogP contribution in [-0.2, 0) is 11.2 Å². The summed E-state index contributed by atoms with van der Waals surface area (Å²) in [6.45, 7) is 2.63. The second-order valence-electron chi connectivity index (χ2n) is 9.38. The van der Waals surface area contributed by atoms with Crippen molar-refractivity contribution >= 4 is 29.3 Å². The van der Waals surface area contributed by atoms with Gasteiger partial charge in [0.15, 0.2) is 0 Å². The topological polar surface area (TPSA) is 98.7 Å². The molecule has 1 atom stereocenters. The maximum absolute atomic E-state index is 12.9. The molecule has 1 aliphatic heterocycles. The summed E-state index contributed by atoms with van der Waals surface area (Å²) in [7, 11) is 0. The number of amides is 3. The van der Waals surface area contributed by atoms with Gasteiger partial charge in [0.05, 0.1) is 0 Å². The van der Waals surface area contributed by atoms with Crippen LogP contribution in [0.15, 0.2) is 72.8 Å². The number of aliphatic carboxylic acids is 1. The van der Waals surface area contributed by atoms with Crippen LogP contribution in [0, 0.1) is 0 Å². The van der Waals surface area contributed by atoms with Gasteiger partial charge in [0, 0.05) is 23.5 Å². The molecule has 0 bridgehead atoms. The molecule has 0 saturated carbocycles. The van der Waals surface area contributed by atoms with Gasteiger partial charge in [-0.15, -0.1) is 0 Å². The highest BCUT2D eigenvalue weighted by molar-refractivity contribution is 6.00. The maximum Gasteiger partial charge on any atom is 0.326 e. The van der Waals surface area contributed by atoms with Crippen LogP contribution in [0.1, 0.15) is 54.9 Å². The van der Waals surface area contributed by atoms with Gasteiger partial charge in [0.25, 0.3) is 5.91 Å². The lowest BCUT2D eigenvalue weighted by atomic mass is 9.99. The van der Waals surface area contributed by atoms with Gasteiger partial charge < -0.3 is 20.6 Å². The summed E-state index contributed by atoms with van der Waals surface area (Å²) in [6, 6.07) is 21.5. The number of rotatable bonds is 8. The highest BCUT2D eigenvalue weighted by Gasteiger charge is 2.32. The molecule has 0 radical (unpaired) electrons. The molecule has 0 aromatic heterocycles. The number of carbonyl (C=O) groups is 3. The minimum Gasteiger partial charge on any atom is -0.480 e. The lowest BCUT2D eigenvalue weighted by Gasteiger charge is -2.33. The molecular weight excluding hydrogens is 466 g/mol. The summed E-state index contributed by atoms with van der Waals surface area (Å²) < 4.78 is 0. The van der Waals surface area contributed by atoms with Crippen LogP contribution in [0.5, 0.6) is 0 Å². The van der Waals surface area contributed by atoms with Crippen molar-refractivity contribution in [2.75, 3.05) is 17.2 Å². The second-order valence-corrected chi connectivity index (χ2v) is 9.38. The fourth-order valence-electron chi connectivity index (χ4n) is 4.58. The zero-order valence-electron chi connectivity index (χ0n) is 21.1. The molecule has 0 aliphatic carbocycles. The molecule has 0 unspecified atom stereocenters. The molecule has 4 rings (SSSR count). The number of nitrogens with zero attached hydrogens (tertiary/aromatic N) is 1. The Morgan fingerprint density at radius 3 is 1.97 bits per heavy atom. The first-order valence-electron chi connectivity index (χ1n) is 12.9. The lowest BCUT2D eigenvalue weighted by molar-refractivity contribution is -0.143. The number of carbonyl (C=O) groups excluding carboxylic acids is 2. The zero-order chi connectivity index (χ0) is 26.2.